The molecule has 0 radical (unpaired) electrons. The molecule has 1 aromatic heterocycles. The summed E-state index contributed by atoms with van der Waals surface area (Å²) in [5.74, 6) is 0.645. The van der Waals surface area contributed by atoms with Crippen LogP contribution in [0, 0.1) is 19.8 Å². The predicted molar refractivity (Wildman–Crippen MR) is 74.0 cm³/mol. The van der Waals surface area contributed by atoms with E-state index in [2.05, 4.69) is 20.8 Å². The number of hydrogen-bond acceptors (Lipinski definition) is 4. The maximum atomic E-state index is 12.1. The van der Waals surface area contributed by atoms with Crippen molar-refractivity contribution >= 4 is 5.91 Å². The monoisotopic (exact) mass is 262 g/mol. The Bertz CT molecular complexity index is 441. The lowest BCUT2D eigenvalue weighted by molar-refractivity contribution is 0.0949. The van der Waals surface area contributed by atoms with Gasteiger partial charge >= 0.3 is 0 Å². The number of carbonyl (C=O) groups excluding carboxylic acids is 1. The highest BCUT2D eigenvalue weighted by Gasteiger charge is 2.14. The SMILES string of the molecule is Cc1cc(C(=O)NCCC2CCCNC2)c(C)nn1. The Morgan fingerprint density at radius 3 is 3.05 bits per heavy atom. The molecule has 5 nitrogen and oxygen atoms in total. The number of carbonyl (C=O) groups is 1. The number of piperidine rings is 1. The Hall–Kier alpha value is -1.49. The van der Waals surface area contributed by atoms with Crippen LogP contribution < -0.4 is 10.6 Å². The van der Waals surface area contributed by atoms with Crippen molar-refractivity contribution in [2.75, 3.05) is 19.6 Å². The van der Waals surface area contributed by atoms with E-state index in [0.717, 1.165) is 31.7 Å². The molecule has 0 bridgehead atoms. The van der Waals surface area contributed by atoms with Crippen LogP contribution in [-0.2, 0) is 0 Å². The van der Waals surface area contributed by atoms with Gasteiger partial charge in [-0.1, -0.05) is 0 Å². The number of rotatable bonds is 4. The molecular formula is C14H22N4O. The van der Waals surface area contributed by atoms with Crippen LogP contribution in [-0.4, -0.2) is 35.7 Å². The number of nitrogens with zero attached hydrogens (tertiary/aromatic N) is 2. The lowest BCUT2D eigenvalue weighted by Gasteiger charge is -2.22. The molecule has 1 atom stereocenters. The topological polar surface area (TPSA) is 66.9 Å². The molecule has 1 aromatic rings. The number of aromatic nitrogens is 2. The summed E-state index contributed by atoms with van der Waals surface area (Å²) >= 11 is 0. The van der Waals surface area contributed by atoms with Gasteiger partial charge in [0.05, 0.1) is 17.0 Å². The zero-order valence-corrected chi connectivity index (χ0v) is 11.7. The summed E-state index contributed by atoms with van der Waals surface area (Å²) in [6.45, 7) is 6.59. The van der Waals surface area contributed by atoms with E-state index in [4.69, 9.17) is 0 Å². The van der Waals surface area contributed by atoms with Crippen LogP contribution in [0.15, 0.2) is 6.07 Å². The van der Waals surface area contributed by atoms with Crippen molar-refractivity contribution in [2.45, 2.75) is 33.1 Å². The van der Waals surface area contributed by atoms with E-state index in [0.29, 0.717) is 17.2 Å². The zero-order chi connectivity index (χ0) is 13.7. The quantitative estimate of drug-likeness (QED) is 0.856. The van der Waals surface area contributed by atoms with Crippen molar-refractivity contribution < 1.29 is 4.79 Å². The third-order valence-electron chi connectivity index (χ3n) is 3.58. The van der Waals surface area contributed by atoms with Gasteiger partial charge in [0.25, 0.3) is 5.91 Å². The fraction of sp³-hybridized carbons (Fsp3) is 0.643. The average molecular weight is 262 g/mol. The number of nitrogens with one attached hydrogen (secondary N) is 2. The smallest absolute Gasteiger partial charge is 0.253 e. The summed E-state index contributed by atoms with van der Waals surface area (Å²) in [4.78, 5) is 12.1. The molecule has 1 aliphatic rings. The van der Waals surface area contributed by atoms with Crippen LogP contribution in [0.5, 0.6) is 0 Å². The minimum Gasteiger partial charge on any atom is -0.352 e. The molecule has 2 rings (SSSR count). The molecule has 0 spiro atoms. The molecular weight excluding hydrogens is 240 g/mol. The Labute approximate surface area is 114 Å². The second kappa shape index (κ2) is 6.61. The average Bonchev–Trinajstić information content (AvgIpc) is 2.42. The maximum absolute atomic E-state index is 12.1. The first kappa shape index (κ1) is 13.9. The highest BCUT2D eigenvalue weighted by molar-refractivity contribution is 5.95. The van der Waals surface area contributed by atoms with Gasteiger partial charge in [0.1, 0.15) is 0 Å². The lowest BCUT2D eigenvalue weighted by Crippen LogP contribution is -2.33. The lowest BCUT2D eigenvalue weighted by atomic mass is 9.96. The molecule has 1 unspecified atom stereocenters. The summed E-state index contributed by atoms with van der Waals surface area (Å²) in [5.41, 5.74) is 2.09. The molecule has 2 N–H and O–H groups in total. The van der Waals surface area contributed by atoms with Gasteiger partial charge in [-0.3, -0.25) is 4.79 Å². The highest BCUT2D eigenvalue weighted by atomic mass is 16.1. The number of aryl methyl sites for hydroxylation is 2. The molecule has 0 aliphatic carbocycles. The summed E-state index contributed by atoms with van der Waals surface area (Å²) in [6.07, 6.45) is 3.54. The van der Waals surface area contributed by atoms with Crippen LogP contribution in [0.3, 0.4) is 0 Å². The van der Waals surface area contributed by atoms with Crippen LogP contribution in [0.4, 0.5) is 0 Å². The second-order valence-corrected chi connectivity index (χ2v) is 5.24. The first-order valence-corrected chi connectivity index (χ1v) is 6.96. The van der Waals surface area contributed by atoms with E-state index in [1.54, 1.807) is 6.07 Å². The summed E-state index contributed by atoms with van der Waals surface area (Å²) < 4.78 is 0. The van der Waals surface area contributed by atoms with Crippen LogP contribution in [0.2, 0.25) is 0 Å². The van der Waals surface area contributed by atoms with Gasteiger partial charge in [-0.2, -0.15) is 10.2 Å². The van der Waals surface area contributed by atoms with Crippen LogP contribution in [0.1, 0.15) is 41.0 Å². The van der Waals surface area contributed by atoms with Crippen molar-refractivity contribution in [2.24, 2.45) is 5.92 Å². The molecule has 1 aliphatic heterocycles. The molecule has 1 amide bonds. The summed E-state index contributed by atoms with van der Waals surface area (Å²) in [6, 6.07) is 1.79. The van der Waals surface area contributed by atoms with Gasteiger partial charge in [-0.25, -0.2) is 0 Å². The Balaban J connectivity index is 1.82. The molecule has 0 saturated carbocycles. The van der Waals surface area contributed by atoms with E-state index in [1.807, 2.05) is 13.8 Å². The van der Waals surface area contributed by atoms with Gasteiger partial charge in [0, 0.05) is 6.54 Å². The fourth-order valence-corrected chi connectivity index (χ4v) is 2.44. The number of hydrogen-bond donors (Lipinski definition) is 2. The van der Waals surface area contributed by atoms with Crippen molar-refractivity contribution in [3.05, 3.63) is 23.0 Å². The van der Waals surface area contributed by atoms with Gasteiger partial charge in [-0.15, -0.1) is 0 Å². The zero-order valence-electron chi connectivity index (χ0n) is 11.7. The van der Waals surface area contributed by atoms with E-state index >= 15 is 0 Å². The standard InChI is InChI=1S/C14H22N4O/c1-10-8-13(11(2)18-17-10)14(19)16-7-5-12-4-3-6-15-9-12/h8,12,15H,3-7,9H2,1-2H3,(H,16,19). The molecule has 2 heterocycles. The maximum Gasteiger partial charge on any atom is 0.253 e. The highest BCUT2D eigenvalue weighted by Crippen LogP contribution is 2.13. The van der Waals surface area contributed by atoms with Gasteiger partial charge in [0.15, 0.2) is 0 Å². The van der Waals surface area contributed by atoms with Gasteiger partial charge < -0.3 is 10.6 Å². The molecule has 1 fully saturated rings. The van der Waals surface area contributed by atoms with Gasteiger partial charge in [0.2, 0.25) is 0 Å². The molecule has 19 heavy (non-hydrogen) atoms. The summed E-state index contributed by atoms with van der Waals surface area (Å²) in [7, 11) is 0. The minimum atomic E-state index is -0.0423. The van der Waals surface area contributed by atoms with Gasteiger partial charge in [-0.05, 0) is 58.2 Å². The van der Waals surface area contributed by atoms with Crippen LogP contribution in [0.25, 0.3) is 0 Å². The van der Waals surface area contributed by atoms with E-state index < -0.39 is 0 Å². The van der Waals surface area contributed by atoms with Crippen molar-refractivity contribution in [3.8, 4) is 0 Å². The predicted octanol–water partition coefficient (Wildman–Crippen LogP) is 1.21. The molecule has 0 aromatic carbocycles. The van der Waals surface area contributed by atoms with E-state index in [9.17, 15) is 4.79 Å². The van der Waals surface area contributed by atoms with Crippen LogP contribution >= 0.6 is 0 Å². The first-order chi connectivity index (χ1) is 9.16. The Morgan fingerprint density at radius 2 is 2.32 bits per heavy atom. The third-order valence-corrected chi connectivity index (χ3v) is 3.58. The minimum absolute atomic E-state index is 0.0423. The normalized spacial score (nSPS) is 19.2. The largest absolute Gasteiger partial charge is 0.352 e. The summed E-state index contributed by atoms with van der Waals surface area (Å²) in [5, 5.41) is 14.3. The Kier molecular flexibility index (Phi) is 4.85. The first-order valence-electron chi connectivity index (χ1n) is 6.96. The third kappa shape index (κ3) is 3.99. The van der Waals surface area contributed by atoms with Crippen molar-refractivity contribution in [1.29, 1.82) is 0 Å². The molecule has 5 heteroatoms. The van der Waals surface area contributed by atoms with E-state index in [-0.39, 0.29) is 5.91 Å². The number of amides is 1. The van der Waals surface area contributed by atoms with Crippen molar-refractivity contribution in [3.63, 3.8) is 0 Å². The van der Waals surface area contributed by atoms with E-state index in [1.165, 1.54) is 12.8 Å². The second-order valence-electron chi connectivity index (χ2n) is 5.24. The molecule has 1 saturated heterocycles. The van der Waals surface area contributed by atoms with Crippen molar-refractivity contribution in [1.82, 2.24) is 20.8 Å². The molecule has 104 valence electrons. The Morgan fingerprint density at radius 1 is 1.47 bits per heavy atom. The fourth-order valence-electron chi connectivity index (χ4n) is 2.44.